The van der Waals surface area contributed by atoms with Gasteiger partial charge < -0.3 is 19.1 Å². The smallest absolute Gasteiger partial charge is 0.240 e. The van der Waals surface area contributed by atoms with Gasteiger partial charge in [0.05, 0.1) is 12.6 Å². The van der Waals surface area contributed by atoms with Gasteiger partial charge in [0.25, 0.3) is 0 Å². The van der Waals surface area contributed by atoms with Crippen LogP contribution in [0, 0.1) is 5.82 Å². The summed E-state index contributed by atoms with van der Waals surface area (Å²) in [5.74, 6) is 2.25. The topological polar surface area (TPSA) is 81.2 Å². The number of hydrogen-bond donors (Lipinski definition) is 1. The maximum Gasteiger partial charge on any atom is 0.240 e. The fraction of sp³-hybridized carbons (Fsp3) is 0.389. The van der Waals surface area contributed by atoms with E-state index in [2.05, 4.69) is 25.3 Å². The molecule has 0 aliphatic carbocycles. The van der Waals surface area contributed by atoms with E-state index in [1.165, 1.54) is 12.1 Å². The van der Waals surface area contributed by atoms with Crippen molar-refractivity contribution in [2.75, 3.05) is 19.6 Å². The van der Waals surface area contributed by atoms with Gasteiger partial charge in [-0.05, 0) is 24.3 Å². The number of hydrogen-bond acceptors (Lipinski definition) is 7. The van der Waals surface area contributed by atoms with E-state index in [0.717, 1.165) is 25.5 Å². The quantitative estimate of drug-likeness (QED) is 0.668. The molecule has 10 heteroatoms. The minimum absolute atomic E-state index is 0. The number of aryl methyl sites for hydroxylation is 1. The van der Waals surface area contributed by atoms with Gasteiger partial charge in [-0.2, -0.15) is 4.98 Å². The summed E-state index contributed by atoms with van der Waals surface area (Å²) in [6, 6.07) is 5.96. The molecule has 1 aromatic carbocycles. The van der Waals surface area contributed by atoms with E-state index < -0.39 is 0 Å². The zero-order valence-corrected chi connectivity index (χ0v) is 16.2. The number of aromatic nitrogens is 4. The van der Waals surface area contributed by atoms with Crippen LogP contribution in [0.2, 0.25) is 0 Å². The number of rotatable bonds is 6. The zero-order chi connectivity index (χ0) is 18.6. The van der Waals surface area contributed by atoms with Crippen LogP contribution in [0.3, 0.4) is 0 Å². The molecular formula is C18H22ClFN6O2. The van der Waals surface area contributed by atoms with Gasteiger partial charge in [-0.15, -0.1) is 12.4 Å². The van der Waals surface area contributed by atoms with Crippen molar-refractivity contribution in [3.05, 3.63) is 60.0 Å². The second kappa shape index (κ2) is 9.13. The average molecular weight is 409 g/mol. The molecular weight excluding hydrogens is 387 g/mol. The number of imidazole rings is 1. The van der Waals surface area contributed by atoms with Gasteiger partial charge in [0.15, 0.2) is 6.61 Å². The van der Waals surface area contributed by atoms with Crippen molar-refractivity contribution in [2.45, 2.75) is 19.2 Å². The maximum atomic E-state index is 12.9. The molecule has 1 N–H and O–H groups in total. The average Bonchev–Trinajstić information content (AvgIpc) is 3.31. The summed E-state index contributed by atoms with van der Waals surface area (Å²) < 4.78 is 25.9. The molecule has 4 rings (SSSR count). The summed E-state index contributed by atoms with van der Waals surface area (Å²) in [4.78, 5) is 11.2. The monoisotopic (exact) mass is 408 g/mol. The highest BCUT2D eigenvalue weighted by Gasteiger charge is 2.28. The van der Waals surface area contributed by atoms with Crippen molar-refractivity contribution in [1.82, 2.24) is 29.9 Å². The van der Waals surface area contributed by atoms with Crippen molar-refractivity contribution in [1.29, 1.82) is 0 Å². The summed E-state index contributed by atoms with van der Waals surface area (Å²) in [7, 11) is 1.99. The zero-order valence-electron chi connectivity index (χ0n) is 15.4. The summed E-state index contributed by atoms with van der Waals surface area (Å²) >= 11 is 0. The number of ether oxygens (including phenoxy) is 1. The number of piperazine rings is 1. The summed E-state index contributed by atoms with van der Waals surface area (Å²) in [6.07, 6.45) is 3.75. The van der Waals surface area contributed by atoms with E-state index in [1.807, 2.05) is 17.8 Å². The van der Waals surface area contributed by atoms with E-state index in [-0.39, 0.29) is 30.9 Å². The van der Waals surface area contributed by atoms with Crippen LogP contribution in [-0.4, -0.2) is 44.2 Å². The Kier molecular flexibility index (Phi) is 6.61. The lowest BCUT2D eigenvalue weighted by molar-refractivity contribution is 0.128. The normalized spacial score (nSPS) is 17.3. The number of halogens is 2. The third-order valence-corrected chi connectivity index (χ3v) is 4.54. The Morgan fingerprint density at radius 1 is 1.32 bits per heavy atom. The number of benzene rings is 1. The molecule has 3 heterocycles. The lowest BCUT2D eigenvalue weighted by Gasteiger charge is -2.34. The van der Waals surface area contributed by atoms with Gasteiger partial charge in [0.1, 0.15) is 17.4 Å². The summed E-state index contributed by atoms with van der Waals surface area (Å²) in [5.41, 5.74) is 0. The summed E-state index contributed by atoms with van der Waals surface area (Å²) in [5, 5.41) is 7.38. The highest BCUT2D eigenvalue weighted by atomic mass is 35.5. The minimum Gasteiger partial charge on any atom is -0.485 e. The molecule has 0 amide bonds. The van der Waals surface area contributed by atoms with Gasteiger partial charge in [0.2, 0.25) is 11.7 Å². The van der Waals surface area contributed by atoms with Gasteiger partial charge in [0, 0.05) is 39.1 Å². The van der Waals surface area contributed by atoms with Gasteiger partial charge in [-0.3, -0.25) is 4.90 Å². The Labute approximate surface area is 168 Å². The Morgan fingerprint density at radius 2 is 2.14 bits per heavy atom. The second-order valence-corrected chi connectivity index (χ2v) is 6.43. The first-order chi connectivity index (χ1) is 13.2. The van der Waals surface area contributed by atoms with Crippen LogP contribution in [0.4, 0.5) is 4.39 Å². The molecule has 1 saturated heterocycles. The molecule has 3 aromatic rings. The molecule has 1 aliphatic rings. The van der Waals surface area contributed by atoms with E-state index in [4.69, 9.17) is 9.26 Å². The molecule has 28 heavy (non-hydrogen) atoms. The van der Waals surface area contributed by atoms with Crippen LogP contribution in [0.25, 0.3) is 0 Å². The SMILES string of the molecule is Cl.Cn1ccnc1C1CNCCN1Cc1nc(COc2ccc(F)cc2)no1. The van der Waals surface area contributed by atoms with Crippen LogP contribution < -0.4 is 10.1 Å². The minimum atomic E-state index is -0.303. The third kappa shape index (κ3) is 4.67. The second-order valence-electron chi connectivity index (χ2n) is 6.43. The molecule has 0 spiro atoms. The molecule has 0 saturated carbocycles. The Bertz CT molecular complexity index is 884. The van der Waals surface area contributed by atoms with Crippen LogP contribution >= 0.6 is 12.4 Å². The molecule has 1 atom stereocenters. The number of nitrogens with one attached hydrogen (secondary N) is 1. The fourth-order valence-corrected chi connectivity index (χ4v) is 3.15. The molecule has 0 radical (unpaired) electrons. The van der Waals surface area contributed by atoms with Gasteiger partial charge in [-0.25, -0.2) is 9.37 Å². The molecule has 8 nitrogen and oxygen atoms in total. The highest BCUT2D eigenvalue weighted by molar-refractivity contribution is 5.85. The molecule has 1 unspecified atom stereocenters. The Morgan fingerprint density at radius 3 is 2.89 bits per heavy atom. The van der Waals surface area contributed by atoms with Gasteiger partial charge in [-0.1, -0.05) is 5.16 Å². The van der Waals surface area contributed by atoms with E-state index in [0.29, 0.717) is 24.0 Å². The van der Waals surface area contributed by atoms with E-state index >= 15 is 0 Å². The number of nitrogens with zero attached hydrogens (tertiary/aromatic N) is 5. The van der Waals surface area contributed by atoms with Gasteiger partial charge >= 0.3 is 0 Å². The van der Waals surface area contributed by atoms with Crippen LogP contribution in [-0.2, 0) is 20.2 Å². The lowest BCUT2D eigenvalue weighted by Crippen LogP contribution is -2.46. The predicted octanol–water partition coefficient (Wildman–Crippen LogP) is 2.09. The largest absolute Gasteiger partial charge is 0.485 e. The van der Waals surface area contributed by atoms with Crippen molar-refractivity contribution in [2.24, 2.45) is 7.05 Å². The Balaban J connectivity index is 0.00000225. The van der Waals surface area contributed by atoms with Crippen molar-refractivity contribution in [3.63, 3.8) is 0 Å². The fourth-order valence-electron chi connectivity index (χ4n) is 3.15. The first kappa shape index (κ1) is 20.2. The first-order valence-corrected chi connectivity index (χ1v) is 8.81. The molecule has 0 bridgehead atoms. The van der Waals surface area contributed by atoms with E-state index in [1.54, 1.807) is 18.3 Å². The maximum absolute atomic E-state index is 12.9. The third-order valence-electron chi connectivity index (χ3n) is 4.54. The standard InChI is InChI=1S/C18H21FN6O2.ClH/c1-24-8-7-21-18(24)15-10-20-6-9-25(15)11-17-22-16(23-27-17)12-26-14-4-2-13(19)3-5-14;/h2-5,7-8,15,20H,6,9-12H2,1H3;1H. The summed E-state index contributed by atoms with van der Waals surface area (Å²) in [6.45, 7) is 3.29. The lowest BCUT2D eigenvalue weighted by atomic mass is 10.1. The Hall–Kier alpha value is -2.49. The first-order valence-electron chi connectivity index (χ1n) is 8.81. The molecule has 150 valence electrons. The van der Waals surface area contributed by atoms with Crippen molar-refractivity contribution < 1.29 is 13.7 Å². The van der Waals surface area contributed by atoms with E-state index in [9.17, 15) is 4.39 Å². The van der Waals surface area contributed by atoms with Crippen molar-refractivity contribution >= 4 is 12.4 Å². The molecule has 1 aliphatic heterocycles. The molecule has 1 fully saturated rings. The predicted molar refractivity (Wildman–Crippen MR) is 102 cm³/mol. The molecule has 2 aromatic heterocycles. The van der Waals surface area contributed by atoms with Crippen LogP contribution in [0.5, 0.6) is 5.75 Å². The highest BCUT2D eigenvalue weighted by Crippen LogP contribution is 2.22. The van der Waals surface area contributed by atoms with Crippen LogP contribution in [0.1, 0.15) is 23.6 Å². The van der Waals surface area contributed by atoms with Crippen LogP contribution in [0.15, 0.2) is 41.2 Å². The van der Waals surface area contributed by atoms with Crippen molar-refractivity contribution in [3.8, 4) is 5.75 Å².